The maximum Gasteiger partial charge on any atom is 0.292 e. The van der Waals surface area contributed by atoms with Crippen LogP contribution in [0.3, 0.4) is 0 Å². The first kappa shape index (κ1) is 17.0. The smallest absolute Gasteiger partial charge is 0.292 e. The van der Waals surface area contributed by atoms with Crippen molar-refractivity contribution in [1.82, 2.24) is 0 Å². The summed E-state index contributed by atoms with van der Waals surface area (Å²) in [5, 5.41) is 19.8. The molecule has 0 aromatic carbocycles. The molecule has 0 bridgehead atoms. The third-order valence-corrected chi connectivity index (χ3v) is 3.60. The lowest BCUT2D eigenvalue weighted by molar-refractivity contribution is -0.765. The maximum atomic E-state index is 11.1. The molecule has 1 aromatic heterocycles. The molecule has 11 heteroatoms. The molecule has 1 fully saturated rings. The molecule has 1 aliphatic heterocycles. The van der Waals surface area contributed by atoms with Crippen molar-refractivity contribution in [2.75, 3.05) is 6.61 Å². The van der Waals surface area contributed by atoms with Crippen molar-refractivity contribution in [2.45, 2.75) is 24.5 Å². The number of nitrogens with zero attached hydrogens (tertiary/aromatic N) is 1. The first-order valence-corrected chi connectivity index (χ1v) is 7.64. The van der Waals surface area contributed by atoms with E-state index in [4.69, 9.17) is 10.5 Å². The number of carbonyl (C=O) groups excluding carboxylic acids is 1. The van der Waals surface area contributed by atoms with Crippen LogP contribution < -0.4 is 20.1 Å². The van der Waals surface area contributed by atoms with Crippen molar-refractivity contribution in [3.05, 3.63) is 30.1 Å². The summed E-state index contributed by atoms with van der Waals surface area (Å²) in [6.45, 7) is -0.727. The lowest BCUT2D eigenvalue weighted by atomic mass is 10.1. The predicted molar refractivity (Wildman–Crippen MR) is 64.6 cm³/mol. The zero-order chi connectivity index (χ0) is 16.5. The molecule has 122 valence electrons. The van der Waals surface area contributed by atoms with Crippen molar-refractivity contribution in [3.8, 4) is 0 Å². The summed E-state index contributed by atoms with van der Waals surface area (Å²) in [7, 11) is -5.22. The Kier molecular flexibility index (Phi) is 4.93. The molecule has 1 saturated heterocycles. The summed E-state index contributed by atoms with van der Waals surface area (Å²) in [5.41, 5.74) is 5.29. The van der Waals surface area contributed by atoms with E-state index in [1.807, 2.05) is 0 Å². The second-order valence-electron chi connectivity index (χ2n) is 4.69. The molecule has 0 saturated carbocycles. The summed E-state index contributed by atoms with van der Waals surface area (Å²) in [5.74, 6) is -0.694. The number of hydrogen-bond acceptors (Lipinski definition) is 8. The van der Waals surface area contributed by atoms with Gasteiger partial charge in [0.1, 0.15) is 17.8 Å². The quantitative estimate of drug-likeness (QED) is 0.369. The predicted octanol–water partition coefficient (Wildman–Crippen LogP) is -3.46. The Morgan fingerprint density at radius 1 is 1.45 bits per heavy atom. The van der Waals surface area contributed by atoms with Crippen molar-refractivity contribution in [3.63, 3.8) is 0 Å². The highest BCUT2D eigenvalue weighted by Crippen LogP contribution is 2.30. The normalized spacial score (nSPS) is 28.7. The Bertz CT molecular complexity index is 606. The van der Waals surface area contributed by atoms with Gasteiger partial charge in [-0.25, -0.2) is 0 Å². The molecule has 10 nitrogen and oxygen atoms in total. The van der Waals surface area contributed by atoms with E-state index in [2.05, 4.69) is 4.52 Å². The molecule has 4 atom stereocenters. The average molecular weight is 333 g/mol. The van der Waals surface area contributed by atoms with Crippen LogP contribution in [0.2, 0.25) is 0 Å². The Hall–Kier alpha value is -1.39. The van der Waals surface area contributed by atoms with Crippen molar-refractivity contribution < 1.29 is 43.2 Å². The summed E-state index contributed by atoms with van der Waals surface area (Å²) in [4.78, 5) is 32.0. The highest BCUT2D eigenvalue weighted by atomic mass is 31.2. The van der Waals surface area contributed by atoms with Crippen LogP contribution in [0.1, 0.15) is 16.6 Å². The topological polar surface area (TPSA) is 169 Å². The maximum absolute atomic E-state index is 11.1. The van der Waals surface area contributed by atoms with Crippen LogP contribution in [-0.4, -0.2) is 41.0 Å². The number of phosphoric ester groups is 1. The second-order valence-corrected chi connectivity index (χ2v) is 5.85. The van der Waals surface area contributed by atoms with Gasteiger partial charge in [-0.3, -0.25) is 4.79 Å². The zero-order valence-electron chi connectivity index (χ0n) is 11.1. The molecular weight excluding hydrogens is 319 g/mol. The van der Waals surface area contributed by atoms with E-state index in [0.717, 1.165) is 0 Å². The number of nitrogens with two attached hydrogens (primary N) is 1. The number of ether oxygens (including phenoxy) is 1. The number of aliphatic hydroxyl groups is 2. The molecule has 1 amide bonds. The summed E-state index contributed by atoms with van der Waals surface area (Å²) in [6.07, 6.45) is -2.44. The summed E-state index contributed by atoms with van der Waals surface area (Å²) in [6, 6.07) is 2.93. The summed E-state index contributed by atoms with van der Waals surface area (Å²) >= 11 is 0. The van der Waals surface area contributed by atoms with Crippen molar-refractivity contribution in [1.29, 1.82) is 0 Å². The Balaban J connectivity index is 2.14. The molecule has 4 N–H and O–H groups in total. The number of aromatic nitrogens is 1. The van der Waals surface area contributed by atoms with Crippen LogP contribution in [-0.2, 0) is 13.8 Å². The van der Waals surface area contributed by atoms with E-state index in [-0.39, 0.29) is 5.56 Å². The second kappa shape index (κ2) is 6.39. The van der Waals surface area contributed by atoms with E-state index >= 15 is 0 Å². The van der Waals surface area contributed by atoms with Gasteiger partial charge in [0, 0.05) is 6.07 Å². The van der Waals surface area contributed by atoms with Gasteiger partial charge in [0.05, 0.1) is 14.4 Å². The van der Waals surface area contributed by atoms with Gasteiger partial charge in [0.25, 0.3) is 12.1 Å². The summed E-state index contributed by atoms with van der Waals surface area (Å²) < 4.78 is 21.1. The lowest BCUT2D eigenvalue weighted by Crippen LogP contribution is -2.46. The van der Waals surface area contributed by atoms with E-state index in [1.165, 1.54) is 29.1 Å². The van der Waals surface area contributed by atoms with Gasteiger partial charge in [-0.2, -0.15) is 4.57 Å². The van der Waals surface area contributed by atoms with E-state index < -0.39 is 44.9 Å². The number of hydrogen-bond donors (Lipinski definition) is 3. The lowest BCUT2D eigenvalue weighted by Gasteiger charge is -2.30. The first-order chi connectivity index (χ1) is 10.2. The molecule has 2 unspecified atom stereocenters. The van der Waals surface area contributed by atoms with E-state index in [1.54, 1.807) is 0 Å². The van der Waals surface area contributed by atoms with Crippen LogP contribution in [0.5, 0.6) is 0 Å². The monoisotopic (exact) mass is 333 g/mol. The Morgan fingerprint density at radius 2 is 2.14 bits per heavy atom. The van der Waals surface area contributed by atoms with E-state index in [9.17, 15) is 29.4 Å². The molecule has 2 heterocycles. The van der Waals surface area contributed by atoms with Crippen LogP contribution in [0.25, 0.3) is 0 Å². The SMILES string of the molecule is NC(=O)c1ccc[n+]([C@@H]2OC(COP(=O)([O-])[O-])[C@@H](O)C2O)c1. The van der Waals surface area contributed by atoms with Gasteiger partial charge < -0.3 is 39.6 Å². The Labute approximate surface area is 124 Å². The van der Waals surface area contributed by atoms with Crippen LogP contribution in [0, 0.1) is 0 Å². The minimum atomic E-state index is -5.22. The zero-order valence-corrected chi connectivity index (χ0v) is 12.0. The minimum Gasteiger partial charge on any atom is -0.790 e. The van der Waals surface area contributed by atoms with Crippen LogP contribution in [0.15, 0.2) is 24.5 Å². The number of aliphatic hydroxyl groups excluding tert-OH is 2. The van der Waals surface area contributed by atoms with Gasteiger partial charge in [0.15, 0.2) is 18.5 Å². The van der Waals surface area contributed by atoms with Gasteiger partial charge in [0.2, 0.25) is 0 Å². The largest absolute Gasteiger partial charge is 0.790 e. The molecule has 2 rings (SSSR count). The van der Waals surface area contributed by atoms with Crippen molar-refractivity contribution >= 4 is 13.7 Å². The number of phosphoric acid groups is 1. The first-order valence-electron chi connectivity index (χ1n) is 6.18. The molecule has 1 aromatic rings. The average Bonchev–Trinajstić information content (AvgIpc) is 2.72. The standard InChI is InChI=1S/C11H15N2O8P/c12-10(16)6-2-1-3-13(4-6)11-9(15)8(14)7(21-11)5-20-22(17,18)19/h1-4,7-9,11,14-15H,5H2,(H3-,12,16,17,18,19)/p-1/t7?,8-,9?,11-/m1/s1. The highest BCUT2D eigenvalue weighted by molar-refractivity contribution is 7.43. The van der Waals surface area contributed by atoms with Crippen LogP contribution in [0.4, 0.5) is 0 Å². The molecule has 1 aliphatic rings. The Morgan fingerprint density at radius 3 is 2.73 bits per heavy atom. The number of rotatable bonds is 5. The van der Waals surface area contributed by atoms with Crippen molar-refractivity contribution in [2.24, 2.45) is 5.73 Å². The molecule has 0 radical (unpaired) electrons. The third kappa shape index (κ3) is 3.87. The van der Waals surface area contributed by atoms with E-state index in [0.29, 0.717) is 0 Å². The van der Waals surface area contributed by atoms with Crippen LogP contribution >= 0.6 is 7.82 Å². The number of amides is 1. The molecule has 22 heavy (non-hydrogen) atoms. The van der Waals surface area contributed by atoms with Gasteiger partial charge in [-0.05, 0) is 6.07 Å². The molecule has 0 spiro atoms. The van der Waals surface area contributed by atoms with Gasteiger partial charge >= 0.3 is 0 Å². The third-order valence-electron chi connectivity index (χ3n) is 3.13. The number of carbonyl (C=O) groups is 1. The fraction of sp³-hybridized carbons (Fsp3) is 0.455. The number of primary amides is 1. The minimum absolute atomic E-state index is 0.149. The molecule has 0 aliphatic carbocycles. The highest BCUT2D eigenvalue weighted by Gasteiger charge is 2.48. The number of pyridine rings is 1. The fourth-order valence-electron chi connectivity index (χ4n) is 2.07. The van der Waals surface area contributed by atoms with Gasteiger partial charge in [-0.15, -0.1) is 0 Å². The molecular formula is C11H14N2O8P-. The van der Waals surface area contributed by atoms with Gasteiger partial charge in [-0.1, -0.05) is 0 Å². The fourth-order valence-corrected chi connectivity index (χ4v) is 2.40.